The maximum Gasteiger partial charge on any atom is 0.145 e. The Morgan fingerprint density at radius 1 is 0.300 bits per heavy atom. The summed E-state index contributed by atoms with van der Waals surface area (Å²) in [5.74, 6) is 0. The number of fused-ring (bicyclic) bond motifs is 9. The van der Waals surface area contributed by atoms with Crippen molar-refractivity contribution in [1.82, 2.24) is 0 Å². The molecule has 0 N–H and O–H groups in total. The quantitative estimate of drug-likeness (QED) is 0.157. The normalized spacial score (nSPS) is 11.7. The summed E-state index contributed by atoms with van der Waals surface area (Å²) >= 11 is 0. The Morgan fingerprint density at radius 3 is 1.75 bits per heavy atom. The lowest BCUT2D eigenvalue weighted by molar-refractivity contribution is 0.672. The van der Waals surface area contributed by atoms with E-state index in [4.69, 9.17) is 4.42 Å². The lowest BCUT2D eigenvalue weighted by Gasteiger charge is -2.27. The number of rotatable bonds is 6. The fraction of sp³-hybridized carbons (Fsp3) is 0. The molecule has 0 saturated carbocycles. The van der Waals surface area contributed by atoms with E-state index >= 15 is 0 Å². The molecule has 12 rings (SSSR count). The number of hydrogen-bond acceptors (Lipinski definition) is 2. The van der Waals surface area contributed by atoms with Gasteiger partial charge in [-0.25, -0.2) is 0 Å². The lowest BCUT2D eigenvalue weighted by Crippen LogP contribution is -2.10. The SMILES string of the molecule is c1ccc(-c2ccc3ccc(N(c4cccc(-c5cccc(-c6cc7ccccc7c7ccccc67)c5)c4)c4cc5ccccc5c5oc6ccccc6c45)cc3c2)cc1. The number of anilines is 3. The van der Waals surface area contributed by atoms with Crippen LogP contribution in [-0.4, -0.2) is 0 Å². The molecule has 0 aliphatic carbocycles. The van der Waals surface area contributed by atoms with Crippen LogP contribution in [0.2, 0.25) is 0 Å². The van der Waals surface area contributed by atoms with E-state index in [1.54, 1.807) is 0 Å². The van der Waals surface area contributed by atoms with Gasteiger partial charge >= 0.3 is 0 Å². The predicted octanol–water partition coefficient (Wildman–Crippen LogP) is 16.7. The van der Waals surface area contributed by atoms with Crippen molar-refractivity contribution in [3.63, 3.8) is 0 Å². The van der Waals surface area contributed by atoms with Gasteiger partial charge in [0, 0.05) is 22.1 Å². The van der Waals surface area contributed by atoms with Crippen LogP contribution in [0.25, 0.3) is 98.4 Å². The number of para-hydroxylation sites is 1. The Hall–Kier alpha value is -7.94. The molecule has 2 heteroatoms. The molecule has 0 atom stereocenters. The molecule has 0 unspecified atom stereocenters. The Morgan fingerprint density at radius 2 is 0.900 bits per heavy atom. The van der Waals surface area contributed by atoms with Gasteiger partial charge in [0.15, 0.2) is 0 Å². The monoisotopic (exact) mass is 763 g/mol. The smallest absolute Gasteiger partial charge is 0.145 e. The van der Waals surface area contributed by atoms with Crippen molar-refractivity contribution in [2.45, 2.75) is 0 Å². The summed E-state index contributed by atoms with van der Waals surface area (Å²) in [5, 5.41) is 11.8. The van der Waals surface area contributed by atoms with E-state index in [-0.39, 0.29) is 0 Å². The zero-order chi connectivity index (χ0) is 39.6. The molecule has 1 aromatic heterocycles. The molecular formula is C58H37NO. The van der Waals surface area contributed by atoms with Crippen LogP contribution in [0, 0.1) is 0 Å². The van der Waals surface area contributed by atoms with E-state index in [1.165, 1.54) is 54.6 Å². The molecule has 0 aliphatic heterocycles. The molecule has 0 amide bonds. The standard InChI is InChI=1S/C58H37NO/c1-2-14-38(15-3-1)42-29-28-39-30-31-48(35-46(39)33-42)59(55-37-45-17-5-7-23-50(45)58-57(55)53-26-10-11-27-56(53)60-58)47-21-13-19-41(34-47)40-18-12-20-43(32-40)54-36-44-16-4-6-22-49(44)51-24-8-9-25-52(51)54/h1-37H. The Balaban J connectivity index is 1.07. The fourth-order valence-corrected chi connectivity index (χ4v) is 9.31. The summed E-state index contributed by atoms with van der Waals surface area (Å²) in [5.41, 5.74) is 12.1. The summed E-state index contributed by atoms with van der Waals surface area (Å²) in [6.07, 6.45) is 0. The molecule has 0 saturated heterocycles. The number of benzene rings is 11. The van der Waals surface area contributed by atoms with E-state index in [0.717, 1.165) is 60.9 Å². The third-order valence-corrected chi connectivity index (χ3v) is 12.2. The minimum atomic E-state index is 0.878. The first kappa shape index (κ1) is 34.1. The second kappa shape index (κ2) is 13.9. The second-order valence-corrected chi connectivity index (χ2v) is 15.7. The van der Waals surface area contributed by atoms with Crippen molar-refractivity contribution in [3.05, 3.63) is 224 Å². The Bertz CT molecular complexity index is 3620. The highest BCUT2D eigenvalue weighted by Gasteiger charge is 2.22. The van der Waals surface area contributed by atoms with Crippen molar-refractivity contribution in [2.24, 2.45) is 0 Å². The average Bonchev–Trinajstić information content (AvgIpc) is 3.72. The van der Waals surface area contributed by atoms with E-state index in [0.29, 0.717) is 0 Å². The molecule has 0 fully saturated rings. The zero-order valence-electron chi connectivity index (χ0n) is 32.7. The molecule has 12 aromatic rings. The van der Waals surface area contributed by atoms with Gasteiger partial charge in [-0.2, -0.15) is 0 Å². The average molecular weight is 764 g/mol. The minimum Gasteiger partial charge on any atom is -0.455 e. The maximum atomic E-state index is 6.74. The summed E-state index contributed by atoms with van der Waals surface area (Å²) in [6, 6.07) is 81.4. The molecule has 11 aromatic carbocycles. The summed E-state index contributed by atoms with van der Waals surface area (Å²) in [6.45, 7) is 0. The maximum absolute atomic E-state index is 6.74. The number of furan rings is 1. The third-order valence-electron chi connectivity index (χ3n) is 12.2. The van der Waals surface area contributed by atoms with Gasteiger partial charge in [0.1, 0.15) is 11.2 Å². The number of nitrogens with zero attached hydrogens (tertiary/aromatic N) is 1. The molecule has 0 spiro atoms. The van der Waals surface area contributed by atoms with Crippen molar-refractivity contribution < 1.29 is 4.42 Å². The van der Waals surface area contributed by atoms with Crippen LogP contribution >= 0.6 is 0 Å². The predicted molar refractivity (Wildman–Crippen MR) is 255 cm³/mol. The first-order valence-corrected chi connectivity index (χ1v) is 20.6. The summed E-state index contributed by atoms with van der Waals surface area (Å²) in [4.78, 5) is 2.43. The van der Waals surface area contributed by atoms with Gasteiger partial charge in [-0.15, -0.1) is 0 Å². The van der Waals surface area contributed by atoms with Crippen LogP contribution in [0.3, 0.4) is 0 Å². The second-order valence-electron chi connectivity index (χ2n) is 15.7. The van der Waals surface area contributed by atoms with Crippen molar-refractivity contribution in [3.8, 4) is 33.4 Å². The number of hydrogen-bond donors (Lipinski definition) is 0. The molecule has 60 heavy (non-hydrogen) atoms. The zero-order valence-corrected chi connectivity index (χ0v) is 32.7. The third kappa shape index (κ3) is 5.65. The van der Waals surface area contributed by atoms with Crippen molar-refractivity contribution >= 4 is 82.1 Å². The van der Waals surface area contributed by atoms with Crippen LogP contribution < -0.4 is 4.90 Å². The Kier molecular flexibility index (Phi) is 7.89. The summed E-state index contributed by atoms with van der Waals surface area (Å²) < 4.78 is 6.74. The van der Waals surface area contributed by atoms with Gasteiger partial charge in [-0.1, -0.05) is 170 Å². The van der Waals surface area contributed by atoms with E-state index in [1.807, 2.05) is 0 Å². The van der Waals surface area contributed by atoms with Crippen LogP contribution in [-0.2, 0) is 0 Å². The molecule has 0 radical (unpaired) electrons. The van der Waals surface area contributed by atoms with Crippen LogP contribution in [0.1, 0.15) is 0 Å². The van der Waals surface area contributed by atoms with Crippen LogP contribution in [0.4, 0.5) is 17.1 Å². The minimum absolute atomic E-state index is 0.878. The van der Waals surface area contributed by atoms with Gasteiger partial charge in [0.2, 0.25) is 0 Å². The van der Waals surface area contributed by atoms with Crippen molar-refractivity contribution in [2.75, 3.05) is 4.90 Å². The van der Waals surface area contributed by atoms with Crippen LogP contribution in [0.15, 0.2) is 229 Å². The molecule has 1 heterocycles. The highest BCUT2D eigenvalue weighted by atomic mass is 16.3. The highest BCUT2D eigenvalue weighted by molar-refractivity contribution is 6.22. The van der Waals surface area contributed by atoms with Crippen molar-refractivity contribution in [1.29, 1.82) is 0 Å². The lowest BCUT2D eigenvalue weighted by atomic mass is 9.92. The molecular weight excluding hydrogens is 727 g/mol. The van der Waals surface area contributed by atoms with Crippen LogP contribution in [0.5, 0.6) is 0 Å². The summed E-state index contributed by atoms with van der Waals surface area (Å²) in [7, 11) is 0. The van der Waals surface area contributed by atoms with E-state index in [2.05, 4.69) is 229 Å². The van der Waals surface area contributed by atoms with Gasteiger partial charge in [0.05, 0.1) is 11.1 Å². The largest absolute Gasteiger partial charge is 0.455 e. The first-order chi connectivity index (χ1) is 29.7. The van der Waals surface area contributed by atoms with Gasteiger partial charge in [-0.05, 0) is 126 Å². The molecule has 2 nitrogen and oxygen atoms in total. The van der Waals surface area contributed by atoms with Gasteiger partial charge < -0.3 is 9.32 Å². The van der Waals surface area contributed by atoms with Gasteiger partial charge in [-0.3, -0.25) is 0 Å². The van der Waals surface area contributed by atoms with Gasteiger partial charge in [0.25, 0.3) is 0 Å². The molecule has 0 bridgehead atoms. The van der Waals surface area contributed by atoms with E-state index < -0.39 is 0 Å². The molecule has 280 valence electrons. The highest BCUT2D eigenvalue weighted by Crippen LogP contribution is 2.47. The van der Waals surface area contributed by atoms with E-state index in [9.17, 15) is 0 Å². The first-order valence-electron chi connectivity index (χ1n) is 20.6. The molecule has 0 aliphatic rings. The fourth-order valence-electron chi connectivity index (χ4n) is 9.31. The Labute approximate surface area is 347 Å². The topological polar surface area (TPSA) is 16.4 Å².